The van der Waals surface area contributed by atoms with Crippen molar-refractivity contribution in [2.45, 2.75) is 70.2 Å². The predicted octanol–water partition coefficient (Wildman–Crippen LogP) is 3.55. The van der Waals surface area contributed by atoms with Crippen LogP contribution in [0.1, 0.15) is 33.3 Å². The van der Waals surface area contributed by atoms with Crippen molar-refractivity contribution in [3.63, 3.8) is 0 Å². The van der Waals surface area contributed by atoms with Crippen LogP contribution in [0, 0.1) is 0 Å². The van der Waals surface area contributed by atoms with Crippen LogP contribution in [0.3, 0.4) is 0 Å². The summed E-state index contributed by atoms with van der Waals surface area (Å²) in [7, 11) is 0. The number of azide groups is 1. The van der Waals surface area contributed by atoms with Crippen LogP contribution in [0.4, 0.5) is 0 Å². The van der Waals surface area contributed by atoms with Gasteiger partial charge in [-0.3, -0.25) is 0 Å². The Bertz CT molecular complexity index is 675. The molecular weight excluding hydrogens is 350 g/mol. The first kappa shape index (κ1) is 20.1. The fraction of sp³-hybridized carbons (Fsp3) is 0.684. The van der Waals surface area contributed by atoms with Gasteiger partial charge in [0.1, 0.15) is 18.3 Å². The molecule has 2 fully saturated rings. The van der Waals surface area contributed by atoms with Gasteiger partial charge in [0.2, 0.25) is 0 Å². The Morgan fingerprint density at radius 3 is 2.52 bits per heavy atom. The Labute approximate surface area is 159 Å². The molecule has 0 aromatic heterocycles. The van der Waals surface area contributed by atoms with Crippen molar-refractivity contribution in [1.82, 2.24) is 0 Å². The smallest absolute Gasteiger partial charge is 0.163 e. The number of hydrogen-bond acceptors (Lipinski definition) is 6. The molecular formula is C19H27N3O5. The lowest BCUT2D eigenvalue weighted by Crippen LogP contribution is -2.44. The summed E-state index contributed by atoms with van der Waals surface area (Å²) in [6, 6.07) is 9.28. The van der Waals surface area contributed by atoms with Gasteiger partial charge in [-0.1, -0.05) is 35.4 Å². The third-order valence-corrected chi connectivity index (χ3v) is 4.54. The highest BCUT2D eigenvalue weighted by atomic mass is 16.8. The quantitative estimate of drug-likeness (QED) is 0.411. The number of ether oxygens (including phenoxy) is 5. The molecule has 1 aromatic carbocycles. The average Bonchev–Trinajstić information content (AvgIpc) is 3.13. The van der Waals surface area contributed by atoms with Gasteiger partial charge in [0, 0.05) is 4.91 Å². The lowest BCUT2D eigenvalue weighted by Gasteiger charge is -2.26. The zero-order chi connectivity index (χ0) is 19.5. The molecule has 8 heteroatoms. The van der Waals surface area contributed by atoms with Crippen molar-refractivity contribution < 1.29 is 23.7 Å². The van der Waals surface area contributed by atoms with Crippen molar-refractivity contribution >= 4 is 0 Å². The van der Waals surface area contributed by atoms with E-state index in [9.17, 15) is 0 Å². The van der Waals surface area contributed by atoms with Crippen LogP contribution in [0.15, 0.2) is 35.4 Å². The highest BCUT2D eigenvalue weighted by Crippen LogP contribution is 2.37. The predicted molar refractivity (Wildman–Crippen MR) is 97.8 cm³/mol. The fourth-order valence-electron chi connectivity index (χ4n) is 3.41. The van der Waals surface area contributed by atoms with Gasteiger partial charge >= 0.3 is 0 Å². The molecule has 27 heavy (non-hydrogen) atoms. The van der Waals surface area contributed by atoms with Crippen LogP contribution >= 0.6 is 0 Å². The molecule has 0 saturated carbocycles. The van der Waals surface area contributed by atoms with Crippen LogP contribution < -0.4 is 0 Å². The summed E-state index contributed by atoms with van der Waals surface area (Å²) in [6.07, 6.45) is -1.22. The van der Waals surface area contributed by atoms with E-state index in [0.29, 0.717) is 13.2 Å². The molecule has 3 rings (SSSR count). The van der Waals surface area contributed by atoms with Crippen molar-refractivity contribution in [2.24, 2.45) is 5.11 Å². The number of nitrogens with zero attached hydrogens (tertiary/aromatic N) is 3. The Morgan fingerprint density at radius 1 is 1.15 bits per heavy atom. The number of hydrogen-bond donors (Lipinski definition) is 0. The summed E-state index contributed by atoms with van der Waals surface area (Å²) in [5.41, 5.74) is 10.1. The van der Waals surface area contributed by atoms with Crippen LogP contribution in [0.25, 0.3) is 10.4 Å². The molecule has 0 bridgehead atoms. The molecule has 0 unspecified atom stereocenters. The molecule has 2 heterocycles. The monoisotopic (exact) mass is 377 g/mol. The number of rotatable bonds is 7. The van der Waals surface area contributed by atoms with Gasteiger partial charge in [-0.2, -0.15) is 0 Å². The van der Waals surface area contributed by atoms with E-state index in [0.717, 1.165) is 5.56 Å². The second-order valence-electron chi connectivity index (χ2n) is 7.70. The summed E-state index contributed by atoms with van der Waals surface area (Å²) in [5.74, 6) is -1.49. The molecule has 0 aliphatic carbocycles. The molecule has 2 aliphatic heterocycles. The maximum atomic E-state index is 9.03. The Balaban J connectivity index is 1.68. The zero-order valence-corrected chi connectivity index (χ0v) is 16.2. The fourth-order valence-corrected chi connectivity index (χ4v) is 3.41. The molecule has 4 atom stereocenters. The molecule has 8 nitrogen and oxygen atoms in total. The summed E-state index contributed by atoms with van der Waals surface area (Å²) in [4.78, 5) is 2.98. The topological polar surface area (TPSA) is 94.9 Å². The first-order valence-electron chi connectivity index (χ1n) is 9.13. The van der Waals surface area contributed by atoms with Crippen molar-refractivity contribution in [3.05, 3.63) is 46.3 Å². The Kier molecular flexibility index (Phi) is 6.05. The largest absolute Gasteiger partial charge is 0.376 e. The highest BCUT2D eigenvalue weighted by Gasteiger charge is 2.52. The summed E-state index contributed by atoms with van der Waals surface area (Å²) < 4.78 is 29.5. The van der Waals surface area contributed by atoms with Crippen molar-refractivity contribution in [2.75, 3.05) is 13.2 Å². The second-order valence-corrected chi connectivity index (χ2v) is 7.70. The van der Waals surface area contributed by atoms with Gasteiger partial charge in [-0.15, -0.1) is 0 Å². The molecule has 0 N–H and O–H groups in total. The zero-order valence-electron chi connectivity index (χ0n) is 16.2. The average molecular weight is 377 g/mol. The number of benzene rings is 1. The van der Waals surface area contributed by atoms with E-state index in [1.807, 2.05) is 58.0 Å². The molecule has 1 aromatic rings. The summed E-state index contributed by atoms with van der Waals surface area (Å²) in [5, 5.41) is 3.92. The molecule has 0 radical (unpaired) electrons. The highest BCUT2D eigenvalue weighted by molar-refractivity contribution is 5.13. The first-order valence-corrected chi connectivity index (χ1v) is 9.13. The minimum Gasteiger partial charge on any atom is -0.376 e. The Hall–Kier alpha value is -1.67. The maximum Gasteiger partial charge on any atom is 0.163 e. The molecule has 148 valence electrons. The molecule has 0 spiro atoms. The van der Waals surface area contributed by atoms with E-state index in [1.165, 1.54) is 0 Å². The first-order chi connectivity index (χ1) is 12.8. The van der Waals surface area contributed by atoms with E-state index in [1.54, 1.807) is 0 Å². The lowest BCUT2D eigenvalue weighted by molar-refractivity contribution is -0.175. The van der Waals surface area contributed by atoms with Gasteiger partial charge in [0.15, 0.2) is 11.6 Å². The van der Waals surface area contributed by atoms with Crippen molar-refractivity contribution in [3.8, 4) is 0 Å². The van der Waals surface area contributed by atoms with Crippen LogP contribution in [0.5, 0.6) is 0 Å². The lowest BCUT2D eigenvalue weighted by atomic mass is 10.0. The normalized spacial score (nSPS) is 30.0. The minimum atomic E-state index is -0.811. The molecule has 0 amide bonds. The van der Waals surface area contributed by atoms with Gasteiger partial charge in [0.05, 0.1) is 25.9 Å². The molecule has 2 saturated heterocycles. The van der Waals surface area contributed by atoms with Crippen LogP contribution in [0.2, 0.25) is 0 Å². The van der Waals surface area contributed by atoms with E-state index in [4.69, 9.17) is 29.2 Å². The van der Waals surface area contributed by atoms with E-state index in [2.05, 4.69) is 10.0 Å². The SMILES string of the molecule is CC1(C)O[C@H]([C@@H](COCc2ccccc2)N=[N+]=[N-])[C@@H]([C@H]2COC(C)(C)O2)O1. The van der Waals surface area contributed by atoms with Gasteiger partial charge in [0.25, 0.3) is 0 Å². The second kappa shape index (κ2) is 8.14. The van der Waals surface area contributed by atoms with Crippen LogP contribution in [-0.4, -0.2) is 49.1 Å². The summed E-state index contributed by atoms with van der Waals surface area (Å²) in [6.45, 7) is 8.42. The van der Waals surface area contributed by atoms with Crippen molar-refractivity contribution in [1.29, 1.82) is 0 Å². The molecule has 2 aliphatic rings. The maximum absolute atomic E-state index is 9.03. The van der Waals surface area contributed by atoms with E-state index < -0.39 is 29.8 Å². The third kappa shape index (κ3) is 5.19. The van der Waals surface area contributed by atoms with E-state index >= 15 is 0 Å². The Morgan fingerprint density at radius 2 is 1.89 bits per heavy atom. The van der Waals surface area contributed by atoms with Gasteiger partial charge in [-0.05, 0) is 38.8 Å². The van der Waals surface area contributed by atoms with Gasteiger partial charge < -0.3 is 23.7 Å². The minimum absolute atomic E-state index is 0.219. The van der Waals surface area contributed by atoms with E-state index in [-0.39, 0.29) is 12.7 Å². The van der Waals surface area contributed by atoms with Crippen LogP contribution in [-0.2, 0) is 30.3 Å². The third-order valence-electron chi connectivity index (χ3n) is 4.54. The van der Waals surface area contributed by atoms with Gasteiger partial charge in [-0.25, -0.2) is 0 Å². The summed E-state index contributed by atoms with van der Waals surface area (Å²) >= 11 is 0. The standard InChI is InChI=1S/C19H27N3O5/c1-18(2)24-12-15(25-18)17-16(26-19(3,4)27-17)14(21-22-20)11-23-10-13-8-6-5-7-9-13/h5-9,14-17H,10-12H2,1-4H3/t14-,15-,16-,17-/m1/s1.